The zero-order valence-corrected chi connectivity index (χ0v) is 23.4. The summed E-state index contributed by atoms with van der Waals surface area (Å²) in [7, 11) is 0. The number of amides is 2. The lowest BCUT2D eigenvalue weighted by molar-refractivity contribution is -0.141. The molecule has 0 unspecified atom stereocenters. The van der Waals surface area contributed by atoms with Gasteiger partial charge < -0.3 is 15.7 Å². The Balaban J connectivity index is 1.68. The first kappa shape index (κ1) is 30.3. The molecule has 0 radical (unpaired) electrons. The van der Waals surface area contributed by atoms with Gasteiger partial charge >= 0.3 is 5.97 Å². The highest BCUT2D eigenvalue weighted by Gasteiger charge is 2.35. The number of carbonyl (C=O) groups excluding carboxylic acids is 2. The van der Waals surface area contributed by atoms with Gasteiger partial charge in [0.2, 0.25) is 11.8 Å². The maximum absolute atomic E-state index is 14.1. The molecular formula is C33H37FN2O4. The molecular weight excluding hydrogens is 507 g/mol. The van der Waals surface area contributed by atoms with Gasteiger partial charge in [-0.3, -0.25) is 14.4 Å². The van der Waals surface area contributed by atoms with E-state index < -0.39 is 29.3 Å². The Bertz CT molecular complexity index is 1330. The fraction of sp³-hybridized carbons (Fsp3) is 0.303. The van der Waals surface area contributed by atoms with Gasteiger partial charge in [0.1, 0.15) is 11.9 Å². The highest BCUT2D eigenvalue weighted by molar-refractivity contribution is 5.90. The Morgan fingerprint density at radius 1 is 0.875 bits per heavy atom. The van der Waals surface area contributed by atoms with Crippen LogP contribution in [0.4, 0.5) is 4.39 Å². The fourth-order valence-corrected chi connectivity index (χ4v) is 4.39. The zero-order valence-electron chi connectivity index (χ0n) is 23.4. The van der Waals surface area contributed by atoms with Gasteiger partial charge in [0, 0.05) is 5.56 Å². The second kappa shape index (κ2) is 13.7. The smallest absolute Gasteiger partial charge is 0.304 e. The molecule has 3 aromatic rings. The van der Waals surface area contributed by atoms with Crippen molar-refractivity contribution in [2.75, 3.05) is 0 Å². The minimum atomic E-state index is -1.10. The Morgan fingerprint density at radius 3 is 2.10 bits per heavy atom. The van der Waals surface area contributed by atoms with Crippen molar-refractivity contribution in [1.82, 2.24) is 10.6 Å². The summed E-state index contributed by atoms with van der Waals surface area (Å²) in [5, 5.41) is 15.2. The van der Waals surface area contributed by atoms with Crippen molar-refractivity contribution in [3.8, 4) is 11.1 Å². The number of hydrogen-bond acceptors (Lipinski definition) is 3. The molecule has 7 heteroatoms. The number of carboxylic acid groups (broad SMARTS) is 1. The molecule has 3 rings (SSSR count). The molecule has 0 saturated carbocycles. The number of halogens is 1. The molecule has 0 aliphatic rings. The number of nitrogens with one attached hydrogen (secondary N) is 2. The van der Waals surface area contributed by atoms with Gasteiger partial charge in [-0.25, -0.2) is 4.39 Å². The van der Waals surface area contributed by atoms with Crippen LogP contribution in [0.1, 0.15) is 57.7 Å². The van der Waals surface area contributed by atoms with E-state index in [0.717, 1.165) is 16.7 Å². The van der Waals surface area contributed by atoms with Crippen LogP contribution in [0.2, 0.25) is 0 Å². The molecule has 210 valence electrons. The van der Waals surface area contributed by atoms with Crippen molar-refractivity contribution in [1.29, 1.82) is 0 Å². The molecule has 0 fully saturated rings. The molecule has 0 aromatic heterocycles. The van der Waals surface area contributed by atoms with Crippen LogP contribution in [0.3, 0.4) is 0 Å². The number of carbonyl (C=O) groups is 3. The monoisotopic (exact) mass is 544 g/mol. The summed E-state index contributed by atoms with van der Waals surface area (Å²) in [6.07, 6.45) is 3.34. The Morgan fingerprint density at radius 2 is 1.50 bits per heavy atom. The molecule has 0 aliphatic heterocycles. The van der Waals surface area contributed by atoms with Crippen molar-refractivity contribution >= 4 is 23.9 Å². The van der Waals surface area contributed by atoms with Gasteiger partial charge in [-0.05, 0) is 41.5 Å². The first-order chi connectivity index (χ1) is 19.0. The van der Waals surface area contributed by atoms with Crippen LogP contribution in [-0.2, 0) is 14.4 Å². The molecule has 0 bridgehead atoms. The van der Waals surface area contributed by atoms with Gasteiger partial charge in [-0.15, -0.1) is 0 Å². The Kier molecular flexibility index (Phi) is 10.4. The lowest BCUT2D eigenvalue weighted by atomic mass is 9.85. The number of benzene rings is 3. The van der Waals surface area contributed by atoms with Gasteiger partial charge in [0.25, 0.3) is 0 Å². The highest BCUT2D eigenvalue weighted by atomic mass is 19.1. The van der Waals surface area contributed by atoms with E-state index in [4.69, 9.17) is 0 Å². The van der Waals surface area contributed by atoms with E-state index in [-0.39, 0.29) is 30.6 Å². The summed E-state index contributed by atoms with van der Waals surface area (Å²) in [5.74, 6) is -3.10. The lowest BCUT2D eigenvalue weighted by Crippen LogP contribution is -2.55. The summed E-state index contributed by atoms with van der Waals surface area (Å²) >= 11 is 0. The van der Waals surface area contributed by atoms with Crippen molar-refractivity contribution in [3.05, 3.63) is 102 Å². The predicted molar refractivity (Wildman–Crippen MR) is 156 cm³/mol. The molecule has 3 aromatic carbocycles. The lowest BCUT2D eigenvalue weighted by Gasteiger charge is -2.32. The van der Waals surface area contributed by atoms with Crippen LogP contribution in [0.25, 0.3) is 17.2 Å². The van der Waals surface area contributed by atoms with Crippen LogP contribution in [0, 0.1) is 17.2 Å². The van der Waals surface area contributed by atoms with Crippen molar-refractivity contribution in [2.24, 2.45) is 11.3 Å². The first-order valence-electron chi connectivity index (χ1n) is 13.3. The van der Waals surface area contributed by atoms with Gasteiger partial charge in [-0.2, -0.15) is 0 Å². The number of rotatable bonds is 11. The minimum absolute atomic E-state index is 0.173. The van der Waals surface area contributed by atoms with Crippen LogP contribution in [0.5, 0.6) is 0 Å². The largest absolute Gasteiger partial charge is 0.481 e. The third kappa shape index (κ3) is 8.63. The number of hydrogen-bond donors (Lipinski definition) is 3. The first-order valence-corrected chi connectivity index (χ1v) is 13.3. The molecule has 0 aliphatic carbocycles. The number of allylic oxidation sites excluding steroid dienone is 1. The van der Waals surface area contributed by atoms with Crippen LogP contribution in [-0.4, -0.2) is 28.9 Å². The maximum atomic E-state index is 14.1. The number of aliphatic carboxylic acids is 1. The van der Waals surface area contributed by atoms with Gasteiger partial charge in [0.05, 0.1) is 18.4 Å². The molecule has 3 atom stereocenters. The predicted octanol–water partition coefficient (Wildman–Crippen LogP) is 6.40. The van der Waals surface area contributed by atoms with Crippen LogP contribution < -0.4 is 10.6 Å². The van der Waals surface area contributed by atoms with Crippen LogP contribution >= 0.6 is 0 Å². The molecule has 6 nitrogen and oxygen atoms in total. The minimum Gasteiger partial charge on any atom is -0.481 e. The van der Waals surface area contributed by atoms with E-state index in [0.29, 0.717) is 5.56 Å². The standard InChI is InChI=1S/C33H37FN2O4/c1-22(24-12-6-5-7-13-24)35-32(40)30(33(2,3)4)36-31(39)26(21-29(37)38)14-10-11-23-17-19-25(20-18-23)27-15-8-9-16-28(27)34/h5-13,15-20,22,26,30H,14,21H2,1-4H3,(H,35,40)(H,36,39)(H,37,38)/b11-10+/t22-,26-,30-/m1/s1. The van der Waals surface area contributed by atoms with E-state index >= 15 is 0 Å². The Labute approximate surface area is 235 Å². The van der Waals surface area contributed by atoms with E-state index in [1.165, 1.54) is 6.07 Å². The fourth-order valence-electron chi connectivity index (χ4n) is 4.39. The van der Waals surface area contributed by atoms with E-state index in [1.807, 2.05) is 82.3 Å². The summed E-state index contributed by atoms with van der Waals surface area (Å²) in [6, 6.07) is 22.2. The number of carboxylic acids is 1. The highest BCUT2D eigenvalue weighted by Crippen LogP contribution is 2.24. The van der Waals surface area contributed by atoms with E-state index in [1.54, 1.807) is 30.4 Å². The average Bonchev–Trinajstić information content (AvgIpc) is 2.91. The second-order valence-corrected chi connectivity index (χ2v) is 11.0. The third-order valence-electron chi connectivity index (χ3n) is 6.69. The summed E-state index contributed by atoms with van der Waals surface area (Å²) in [5.41, 5.74) is 2.40. The van der Waals surface area contributed by atoms with Gasteiger partial charge in [-0.1, -0.05) is 106 Å². The zero-order chi connectivity index (χ0) is 29.3. The normalized spacial score (nSPS) is 13.8. The SMILES string of the molecule is C[C@@H](NC(=O)[C@@H](NC(=O)[C@H](C/C=C/c1ccc(-c2ccccc2F)cc1)CC(=O)O)C(C)(C)C)c1ccccc1. The topological polar surface area (TPSA) is 95.5 Å². The van der Waals surface area contributed by atoms with E-state index in [2.05, 4.69) is 10.6 Å². The summed E-state index contributed by atoms with van der Waals surface area (Å²) in [4.78, 5) is 38.0. The summed E-state index contributed by atoms with van der Waals surface area (Å²) in [6.45, 7) is 7.42. The van der Waals surface area contributed by atoms with Crippen molar-refractivity contribution in [2.45, 2.75) is 52.6 Å². The molecule has 0 spiro atoms. The maximum Gasteiger partial charge on any atom is 0.304 e. The average molecular weight is 545 g/mol. The molecule has 3 N–H and O–H groups in total. The van der Waals surface area contributed by atoms with Crippen LogP contribution in [0.15, 0.2) is 84.9 Å². The van der Waals surface area contributed by atoms with Crippen molar-refractivity contribution in [3.63, 3.8) is 0 Å². The van der Waals surface area contributed by atoms with Crippen molar-refractivity contribution < 1.29 is 23.9 Å². The van der Waals surface area contributed by atoms with E-state index in [9.17, 15) is 23.9 Å². The second-order valence-electron chi connectivity index (χ2n) is 11.0. The third-order valence-corrected chi connectivity index (χ3v) is 6.69. The van der Waals surface area contributed by atoms with Gasteiger partial charge in [0.15, 0.2) is 0 Å². The quantitative estimate of drug-likeness (QED) is 0.260. The molecule has 0 saturated heterocycles. The molecule has 40 heavy (non-hydrogen) atoms. The Hall–Kier alpha value is -4.26. The molecule has 0 heterocycles. The molecule has 2 amide bonds. The summed E-state index contributed by atoms with van der Waals surface area (Å²) < 4.78 is 14.1.